The van der Waals surface area contributed by atoms with Gasteiger partial charge in [0.1, 0.15) is 23.5 Å². The number of primary amides is 1. The number of hydrazone groups is 1. The lowest BCUT2D eigenvalue weighted by Gasteiger charge is -2.17. The van der Waals surface area contributed by atoms with E-state index < -0.39 is 22.3 Å². The fourth-order valence-electron chi connectivity index (χ4n) is 3.30. The maximum absolute atomic E-state index is 12.6. The minimum Gasteiger partial charge on any atom is -0.475 e. The maximum atomic E-state index is 12.6. The lowest BCUT2D eigenvalue weighted by Crippen LogP contribution is -2.43. The van der Waals surface area contributed by atoms with Gasteiger partial charge < -0.3 is 15.2 Å². The number of nitro groups is 1. The van der Waals surface area contributed by atoms with Crippen LogP contribution in [0.1, 0.15) is 26.3 Å². The van der Waals surface area contributed by atoms with Crippen LogP contribution in [0, 0.1) is 16.0 Å². The number of amidine groups is 1. The molecule has 1 atom stereocenters. The molecule has 3 rings (SSSR count). The van der Waals surface area contributed by atoms with Gasteiger partial charge in [-0.2, -0.15) is 0 Å². The summed E-state index contributed by atoms with van der Waals surface area (Å²) in [5, 5.41) is 19.0. The first-order chi connectivity index (χ1) is 15.6. The molecule has 1 aliphatic heterocycles. The van der Waals surface area contributed by atoms with Crippen LogP contribution in [0.3, 0.4) is 0 Å². The van der Waals surface area contributed by atoms with Gasteiger partial charge in [-0.05, 0) is 32.9 Å². The Morgan fingerprint density at radius 2 is 1.94 bits per heavy atom. The third kappa shape index (κ3) is 5.50. The molecule has 3 N–H and O–H groups in total. The van der Waals surface area contributed by atoms with Crippen LogP contribution in [0.5, 0.6) is 5.88 Å². The highest BCUT2D eigenvalue weighted by atomic mass is 16.6. The zero-order valence-corrected chi connectivity index (χ0v) is 18.9. The normalized spacial score (nSPS) is 15.9. The van der Waals surface area contributed by atoms with Crippen LogP contribution in [0.4, 0.5) is 11.4 Å². The van der Waals surface area contributed by atoms with Crippen LogP contribution in [-0.4, -0.2) is 57.9 Å². The Bertz CT molecular complexity index is 1110. The number of methoxy groups -OCH3 is 1. The number of nitrogens with zero attached hydrogens (tertiary/aromatic N) is 4. The smallest absolute Gasteiger partial charge is 0.294 e. The van der Waals surface area contributed by atoms with E-state index in [2.05, 4.69) is 15.4 Å². The second kappa shape index (κ2) is 9.74. The van der Waals surface area contributed by atoms with Crippen molar-refractivity contribution < 1.29 is 23.9 Å². The van der Waals surface area contributed by atoms with Crippen LogP contribution < -0.4 is 15.8 Å². The molecule has 1 unspecified atom stereocenters. The second-order valence-electron chi connectivity index (χ2n) is 8.34. The fourth-order valence-corrected chi connectivity index (χ4v) is 3.30. The van der Waals surface area contributed by atoms with Gasteiger partial charge in [-0.1, -0.05) is 5.10 Å². The molecule has 2 heterocycles. The molecule has 174 valence electrons. The molecule has 1 aromatic carbocycles. The summed E-state index contributed by atoms with van der Waals surface area (Å²) >= 11 is 0. The molecule has 0 saturated heterocycles. The van der Waals surface area contributed by atoms with Gasteiger partial charge in [-0.25, -0.2) is 10.3 Å². The first kappa shape index (κ1) is 23.8. The van der Waals surface area contributed by atoms with Gasteiger partial charge in [0.15, 0.2) is 5.92 Å². The minimum absolute atomic E-state index is 0.0548. The number of nitrogens with one attached hydrogen (secondary N) is 1. The fraction of sp³-hybridized carbons (Fsp3) is 0.364. The summed E-state index contributed by atoms with van der Waals surface area (Å²) in [7, 11) is 1.58. The van der Waals surface area contributed by atoms with Crippen LogP contribution in [0.15, 0.2) is 47.7 Å². The Balaban J connectivity index is 1.98. The zero-order valence-electron chi connectivity index (χ0n) is 18.9. The molecule has 0 saturated carbocycles. The molecule has 0 fully saturated rings. The molecule has 11 nitrogen and oxygen atoms in total. The first-order valence-electron chi connectivity index (χ1n) is 10.3. The highest BCUT2D eigenvalue weighted by molar-refractivity contribution is 6.28. The van der Waals surface area contributed by atoms with E-state index in [1.165, 1.54) is 12.1 Å². The van der Waals surface area contributed by atoms with Crippen molar-refractivity contribution in [2.45, 2.75) is 26.3 Å². The van der Waals surface area contributed by atoms with Gasteiger partial charge in [0.25, 0.3) is 11.5 Å². The maximum Gasteiger partial charge on any atom is 0.294 e. The molecule has 2 aromatic rings. The summed E-state index contributed by atoms with van der Waals surface area (Å²) in [5.74, 6) is -0.633. The number of ether oxygens (including phenoxy) is 2. The summed E-state index contributed by atoms with van der Waals surface area (Å²) < 4.78 is 12.3. The molecule has 1 aliphatic rings. The van der Waals surface area contributed by atoms with Crippen LogP contribution in [0.2, 0.25) is 0 Å². The standard InChI is InChI=1S/C22H26N6O5/c1-22(2,3)27-21(25-15-9-10-24-17(13-15)33-12-11-32-4)18(20(23)29)19(26-27)14-5-7-16(8-6-14)28(30)31/h5-10,13,18H,11-12H2,1-4H3,(H2,23,29)/p+1. The molecule has 1 aromatic heterocycles. The monoisotopic (exact) mass is 455 g/mol. The van der Waals surface area contributed by atoms with Crippen molar-refractivity contribution in [3.05, 3.63) is 58.3 Å². The van der Waals surface area contributed by atoms with Gasteiger partial charge in [-0.15, -0.1) is 4.68 Å². The number of carbonyl (C=O) groups is 1. The highest BCUT2D eigenvalue weighted by Crippen LogP contribution is 2.26. The van der Waals surface area contributed by atoms with Gasteiger partial charge >= 0.3 is 0 Å². The zero-order chi connectivity index (χ0) is 24.2. The van der Waals surface area contributed by atoms with E-state index in [0.717, 1.165) is 0 Å². The molecule has 0 aliphatic carbocycles. The van der Waals surface area contributed by atoms with E-state index in [9.17, 15) is 14.9 Å². The Kier molecular flexibility index (Phi) is 7.02. The number of benzene rings is 1. The largest absolute Gasteiger partial charge is 0.475 e. The number of pyridine rings is 1. The molecular weight excluding hydrogens is 428 g/mol. The van der Waals surface area contributed by atoms with Gasteiger partial charge in [0.2, 0.25) is 11.8 Å². The third-order valence-electron chi connectivity index (χ3n) is 4.82. The van der Waals surface area contributed by atoms with Crippen LogP contribution in [-0.2, 0) is 9.53 Å². The molecule has 0 spiro atoms. The Morgan fingerprint density at radius 3 is 2.52 bits per heavy atom. The summed E-state index contributed by atoms with van der Waals surface area (Å²) in [6, 6.07) is 9.30. The van der Waals surface area contributed by atoms with Crippen molar-refractivity contribution in [1.29, 1.82) is 0 Å². The number of rotatable bonds is 8. The van der Waals surface area contributed by atoms with Crippen molar-refractivity contribution in [2.75, 3.05) is 25.6 Å². The first-order valence-corrected chi connectivity index (χ1v) is 10.3. The Morgan fingerprint density at radius 1 is 1.24 bits per heavy atom. The number of anilines is 1. The van der Waals surface area contributed by atoms with Crippen LogP contribution in [0.25, 0.3) is 0 Å². The number of nitrogens with two attached hydrogens (primary N) is 1. The molecule has 11 heteroatoms. The number of hydrogen-bond donors (Lipinski definition) is 2. The molecule has 0 bridgehead atoms. The lowest BCUT2D eigenvalue weighted by atomic mass is 9.95. The number of nitro benzene ring substituents is 1. The predicted molar refractivity (Wildman–Crippen MR) is 123 cm³/mol. The van der Waals surface area contributed by atoms with Crippen molar-refractivity contribution >= 4 is 28.8 Å². The molecule has 33 heavy (non-hydrogen) atoms. The molecule has 0 radical (unpaired) electrons. The molecular formula is C22H27N6O5+. The second-order valence-corrected chi connectivity index (χ2v) is 8.34. The Hall–Kier alpha value is -3.86. The van der Waals surface area contributed by atoms with Gasteiger partial charge in [-0.3, -0.25) is 14.9 Å². The van der Waals surface area contributed by atoms with Crippen molar-refractivity contribution in [3.63, 3.8) is 0 Å². The average molecular weight is 455 g/mol. The number of amides is 1. The summed E-state index contributed by atoms with van der Waals surface area (Å²) in [6.07, 6.45) is 1.58. The summed E-state index contributed by atoms with van der Waals surface area (Å²) in [4.78, 5) is 27.3. The van der Waals surface area contributed by atoms with E-state index in [1.54, 1.807) is 42.3 Å². The molecule has 1 amide bonds. The number of hydrogen-bond acceptors (Lipinski definition) is 8. The minimum atomic E-state index is -0.892. The van der Waals surface area contributed by atoms with Crippen LogP contribution >= 0.6 is 0 Å². The van der Waals surface area contributed by atoms with Crippen molar-refractivity contribution in [2.24, 2.45) is 16.8 Å². The van der Waals surface area contributed by atoms with E-state index in [1.807, 2.05) is 20.8 Å². The van der Waals surface area contributed by atoms with E-state index in [-0.39, 0.29) is 5.69 Å². The van der Waals surface area contributed by atoms with Gasteiger partial charge in [0, 0.05) is 43.1 Å². The van der Waals surface area contributed by atoms with Gasteiger partial charge in [0.05, 0.1) is 11.5 Å². The lowest BCUT2D eigenvalue weighted by molar-refractivity contribution is -0.600. The summed E-state index contributed by atoms with van der Waals surface area (Å²) in [5.41, 5.74) is 6.85. The third-order valence-corrected chi connectivity index (χ3v) is 4.82. The Labute approximate surface area is 191 Å². The quantitative estimate of drug-likeness (QED) is 0.268. The SMILES string of the molecule is COCCOc1cc(NC2=[N+](C(C)(C)C)N=C(c3ccc([N+](=O)[O-])cc3)C2C(N)=O)ccn1. The van der Waals surface area contributed by atoms with E-state index >= 15 is 0 Å². The number of aromatic nitrogens is 1. The van der Waals surface area contributed by atoms with E-state index in [4.69, 9.17) is 15.2 Å². The van der Waals surface area contributed by atoms with E-state index in [0.29, 0.717) is 41.9 Å². The number of non-ortho nitro benzene ring substituents is 1. The average Bonchev–Trinajstić information content (AvgIpc) is 3.14. The topological polar surface area (TPSA) is 145 Å². The highest BCUT2D eigenvalue weighted by Gasteiger charge is 2.45. The summed E-state index contributed by atoms with van der Waals surface area (Å²) in [6.45, 7) is 6.60. The predicted octanol–water partition coefficient (Wildman–Crippen LogP) is 2.16. The number of carbonyl (C=O) groups excluding carboxylic acids is 1. The van der Waals surface area contributed by atoms with Crippen molar-refractivity contribution in [1.82, 2.24) is 4.98 Å². The van der Waals surface area contributed by atoms with Crippen molar-refractivity contribution in [3.8, 4) is 5.88 Å².